The van der Waals surface area contributed by atoms with Crippen LogP contribution in [-0.4, -0.2) is 34.1 Å². The zero-order valence-corrected chi connectivity index (χ0v) is 9.43. The number of aromatic nitrogens is 2. The highest BCUT2D eigenvalue weighted by Gasteiger charge is 2.16. The molecule has 7 nitrogen and oxygen atoms in total. The number of ether oxygens (including phenoxy) is 1. The summed E-state index contributed by atoms with van der Waals surface area (Å²) in [6, 6.07) is 0. The molecule has 1 heterocycles. The van der Waals surface area contributed by atoms with Gasteiger partial charge in [0.2, 0.25) is 5.95 Å². The Bertz CT molecular complexity index is 364. The van der Waals surface area contributed by atoms with Crippen molar-refractivity contribution in [1.82, 2.24) is 9.97 Å². The molecular formula is C9H14N4O3. The minimum Gasteiger partial charge on any atom is -0.377 e. The van der Waals surface area contributed by atoms with Gasteiger partial charge in [-0.05, 0) is 13.8 Å². The molecule has 0 spiro atoms. The van der Waals surface area contributed by atoms with Crippen molar-refractivity contribution in [2.24, 2.45) is 0 Å². The molecule has 0 aromatic carbocycles. The zero-order chi connectivity index (χ0) is 12.2. The molecule has 0 unspecified atom stereocenters. The van der Waals surface area contributed by atoms with E-state index < -0.39 is 4.92 Å². The lowest BCUT2D eigenvalue weighted by atomic mass is 10.1. The predicted octanol–water partition coefficient (Wildman–Crippen LogP) is 1.22. The molecule has 1 aromatic rings. The average molecular weight is 226 g/mol. The SMILES string of the molecule is COC(C)(C)CNc1ncc([N+](=O)[O-])cn1. The second-order valence-electron chi connectivity index (χ2n) is 3.84. The van der Waals surface area contributed by atoms with E-state index in [0.29, 0.717) is 12.5 Å². The first-order valence-corrected chi connectivity index (χ1v) is 4.70. The van der Waals surface area contributed by atoms with Crippen LogP contribution in [0.1, 0.15) is 13.8 Å². The molecule has 0 aliphatic rings. The predicted molar refractivity (Wildman–Crippen MR) is 58.3 cm³/mol. The van der Waals surface area contributed by atoms with Gasteiger partial charge in [0.05, 0.1) is 10.5 Å². The zero-order valence-electron chi connectivity index (χ0n) is 9.43. The lowest BCUT2D eigenvalue weighted by Crippen LogP contribution is -2.32. The van der Waals surface area contributed by atoms with E-state index in [4.69, 9.17) is 4.74 Å². The van der Waals surface area contributed by atoms with Gasteiger partial charge in [0.15, 0.2) is 0 Å². The van der Waals surface area contributed by atoms with Crippen LogP contribution >= 0.6 is 0 Å². The van der Waals surface area contributed by atoms with Crippen LogP contribution in [0.5, 0.6) is 0 Å². The molecule has 0 bridgehead atoms. The van der Waals surface area contributed by atoms with Crippen molar-refractivity contribution >= 4 is 11.6 Å². The number of anilines is 1. The Morgan fingerprint density at radius 3 is 2.50 bits per heavy atom. The van der Waals surface area contributed by atoms with E-state index in [1.54, 1.807) is 7.11 Å². The molecule has 1 rings (SSSR count). The lowest BCUT2D eigenvalue weighted by Gasteiger charge is -2.22. The van der Waals surface area contributed by atoms with Crippen molar-refractivity contribution in [2.45, 2.75) is 19.4 Å². The third kappa shape index (κ3) is 3.43. The van der Waals surface area contributed by atoms with E-state index in [1.165, 1.54) is 0 Å². The molecule has 0 aliphatic carbocycles. The Labute approximate surface area is 93.0 Å². The monoisotopic (exact) mass is 226 g/mol. The molecule has 7 heteroatoms. The van der Waals surface area contributed by atoms with Gasteiger partial charge >= 0.3 is 5.69 Å². The topological polar surface area (TPSA) is 90.2 Å². The number of hydrogen-bond donors (Lipinski definition) is 1. The van der Waals surface area contributed by atoms with E-state index in [2.05, 4.69) is 15.3 Å². The first-order valence-electron chi connectivity index (χ1n) is 4.70. The van der Waals surface area contributed by atoms with E-state index in [9.17, 15) is 10.1 Å². The van der Waals surface area contributed by atoms with E-state index in [-0.39, 0.29) is 11.3 Å². The fraction of sp³-hybridized carbons (Fsp3) is 0.556. The fourth-order valence-electron chi connectivity index (χ4n) is 0.871. The third-order valence-electron chi connectivity index (χ3n) is 2.07. The highest BCUT2D eigenvalue weighted by atomic mass is 16.6. The normalized spacial score (nSPS) is 11.2. The maximum atomic E-state index is 10.4. The first-order chi connectivity index (χ1) is 7.44. The van der Waals surface area contributed by atoms with Crippen LogP contribution in [0.25, 0.3) is 0 Å². The van der Waals surface area contributed by atoms with Crippen LogP contribution in [0.4, 0.5) is 11.6 Å². The molecule has 0 fully saturated rings. The maximum absolute atomic E-state index is 10.4. The summed E-state index contributed by atoms with van der Waals surface area (Å²) < 4.78 is 5.20. The van der Waals surface area contributed by atoms with Crippen LogP contribution in [0.2, 0.25) is 0 Å². The molecule has 1 N–H and O–H groups in total. The minimum atomic E-state index is -0.539. The molecule has 1 aromatic heterocycles. The largest absolute Gasteiger partial charge is 0.377 e. The van der Waals surface area contributed by atoms with E-state index in [1.807, 2.05) is 13.8 Å². The van der Waals surface area contributed by atoms with Crippen LogP contribution in [0.3, 0.4) is 0 Å². The summed E-state index contributed by atoms with van der Waals surface area (Å²) in [6.45, 7) is 4.33. The van der Waals surface area contributed by atoms with Gasteiger partial charge in [-0.1, -0.05) is 0 Å². The molecule has 0 saturated heterocycles. The van der Waals surface area contributed by atoms with Crippen molar-refractivity contribution in [3.05, 3.63) is 22.5 Å². The second-order valence-corrected chi connectivity index (χ2v) is 3.84. The van der Waals surface area contributed by atoms with E-state index in [0.717, 1.165) is 12.4 Å². The second kappa shape index (κ2) is 4.84. The summed E-state index contributed by atoms with van der Waals surface area (Å²) in [5, 5.41) is 13.3. The number of nitrogens with zero attached hydrogens (tertiary/aromatic N) is 3. The molecule has 88 valence electrons. The van der Waals surface area contributed by atoms with Gasteiger partial charge in [0, 0.05) is 13.7 Å². The van der Waals surface area contributed by atoms with Crippen LogP contribution in [-0.2, 0) is 4.74 Å². The third-order valence-corrected chi connectivity index (χ3v) is 2.07. The number of nitrogens with one attached hydrogen (secondary N) is 1. The van der Waals surface area contributed by atoms with Crippen molar-refractivity contribution in [2.75, 3.05) is 19.0 Å². The minimum absolute atomic E-state index is 0.128. The van der Waals surface area contributed by atoms with Crippen LogP contribution in [0.15, 0.2) is 12.4 Å². The number of nitro groups is 1. The van der Waals surface area contributed by atoms with Gasteiger partial charge in [-0.3, -0.25) is 10.1 Å². The Kier molecular flexibility index (Phi) is 3.73. The number of methoxy groups -OCH3 is 1. The average Bonchev–Trinajstić information content (AvgIpc) is 2.27. The van der Waals surface area contributed by atoms with Crippen LogP contribution < -0.4 is 5.32 Å². The molecular weight excluding hydrogens is 212 g/mol. The Morgan fingerprint density at radius 2 is 2.06 bits per heavy atom. The van der Waals surface area contributed by atoms with Crippen molar-refractivity contribution in [3.63, 3.8) is 0 Å². The lowest BCUT2D eigenvalue weighted by molar-refractivity contribution is -0.385. The molecule has 16 heavy (non-hydrogen) atoms. The van der Waals surface area contributed by atoms with Gasteiger partial charge in [-0.25, -0.2) is 9.97 Å². The summed E-state index contributed by atoms with van der Waals surface area (Å²) in [5.74, 6) is 0.343. The van der Waals surface area contributed by atoms with Crippen LogP contribution in [0, 0.1) is 10.1 Å². The summed E-state index contributed by atoms with van der Waals surface area (Å²) in [4.78, 5) is 17.5. The standard InChI is InChI=1S/C9H14N4O3/c1-9(2,16-3)6-12-8-10-4-7(5-11-8)13(14)15/h4-5H,6H2,1-3H3,(H,10,11,12). The summed E-state index contributed by atoms with van der Waals surface area (Å²) in [5.41, 5.74) is -0.470. The summed E-state index contributed by atoms with van der Waals surface area (Å²) in [6.07, 6.45) is 2.32. The molecule has 0 atom stereocenters. The van der Waals surface area contributed by atoms with E-state index >= 15 is 0 Å². The molecule has 0 amide bonds. The number of hydrogen-bond acceptors (Lipinski definition) is 6. The fourth-order valence-corrected chi connectivity index (χ4v) is 0.871. The van der Waals surface area contributed by atoms with Gasteiger partial charge in [-0.2, -0.15) is 0 Å². The summed E-state index contributed by atoms with van der Waals surface area (Å²) in [7, 11) is 1.61. The Balaban J connectivity index is 2.59. The maximum Gasteiger partial charge on any atom is 0.305 e. The number of rotatable bonds is 5. The highest BCUT2D eigenvalue weighted by molar-refractivity contribution is 5.30. The Morgan fingerprint density at radius 1 is 1.50 bits per heavy atom. The molecule has 0 aliphatic heterocycles. The van der Waals surface area contributed by atoms with Crippen molar-refractivity contribution < 1.29 is 9.66 Å². The van der Waals surface area contributed by atoms with Gasteiger partial charge < -0.3 is 10.1 Å². The Hall–Kier alpha value is -1.76. The quantitative estimate of drug-likeness (QED) is 0.599. The highest BCUT2D eigenvalue weighted by Crippen LogP contribution is 2.11. The first kappa shape index (κ1) is 12.3. The van der Waals surface area contributed by atoms with Gasteiger partial charge in [0.1, 0.15) is 12.4 Å². The summed E-state index contributed by atoms with van der Waals surface area (Å²) >= 11 is 0. The van der Waals surface area contributed by atoms with Crippen molar-refractivity contribution in [1.29, 1.82) is 0 Å². The molecule has 0 saturated carbocycles. The van der Waals surface area contributed by atoms with Gasteiger partial charge in [0.25, 0.3) is 0 Å². The van der Waals surface area contributed by atoms with Gasteiger partial charge in [-0.15, -0.1) is 0 Å². The molecule has 0 radical (unpaired) electrons. The van der Waals surface area contributed by atoms with Crippen molar-refractivity contribution in [3.8, 4) is 0 Å². The smallest absolute Gasteiger partial charge is 0.305 e.